The highest BCUT2D eigenvalue weighted by Crippen LogP contribution is 2.30. The fourth-order valence-electron chi connectivity index (χ4n) is 2.02. The molecule has 1 fully saturated rings. The molecule has 3 nitrogen and oxygen atoms in total. The summed E-state index contributed by atoms with van der Waals surface area (Å²) < 4.78 is 26.6. The Morgan fingerprint density at radius 1 is 1.39 bits per heavy atom. The van der Waals surface area contributed by atoms with Crippen molar-refractivity contribution in [3.05, 3.63) is 23.6 Å². The Bertz CT molecular complexity index is 451. The molecule has 0 bridgehead atoms. The molecule has 1 saturated heterocycles. The summed E-state index contributed by atoms with van der Waals surface area (Å²) in [6.07, 6.45) is 3.16. The van der Waals surface area contributed by atoms with Crippen LogP contribution in [0.15, 0.2) is 12.8 Å². The number of rotatable bonds is 2. The van der Waals surface area contributed by atoms with Crippen LogP contribution in [0.1, 0.15) is 25.0 Å². The van der Waals surface area contributed by atoms with Crippen LogP contribution in [-0.2, 0) is 0 Å². The topological polar surface area (TPSA) is 29.0 Å². The lowest BCUT2D eigenvalue weighted by Gasteiger charge is -2.22. The van der Waals surface area contributed by atoms with Crippen molar-refractivity contribution >= 4 is 23.5 Å². The largest absolute Gasteiger partial charge is 0.355 e. The molecule has 1 aliphatic heterocycles. The van der Waals surface area contributed by atoms with Crippen molar-refractivity contribution in [3.8, 4) is 0 Å². The normalized spacial score (nSPS) is 19.4. The average Bonchev–Trinajstić information content (AvgIpc) is 2.50. The van der Waals surface area contributed by atoms with Crippen LogP contribution in [0.5, 0.6) is 0 Å². The van der Waals surface area contributed by atoms with E-state index in [9.17, 15) is 8.78 Å². The van der Waals surface area contributed by atoms with Crippen molar-refractivity contribution in [3.63, 3.8) is 0 Å². The summed E-state index contributed by atoms with van der Waals surface area (Å²) in [6, 6.07) is 0. The lowest BCUT2D eigenvalue weighted by atomic mass is 10.1. The van der Waals surface area contributed by atoms with Gasteiger partial charge in [-0.25, -0.2) is 18.7 Å². The van der Waals surface area contributed by atoms with Gasteiger partial charge in [0, 0.05) is 25.9 Å². The van der Waals surface area contributed by atoms with Gasteiger partial charge in [0.05, 0.1) is 6.20 Å². The number of nitrogens with zero attached hydrogens (tertiary/aromatic N) is 3. The molecule has 0 N–H and O–H groups in total. The minimum absolute atomic E-state index is 0.0824. The van der Waals surface area contributed by atoms with Crippen molar-refractivity contribution < 1.29 is 8.78 Å². The molecule has 0 saturated carbocycles. The van der Waals surface area contributed by atoms with Crippen LogP contribution in [0.2, 0.25) is 5.15 Å². The van der Waals surface area contributed by atoms with Crippen LogP contribution in [0.4, 0.5) is 14.6 Å². The fourth-order valence-corrected chi connectivity index (χ4v) is 2.15. The van der Waals surface area contributed by atoms with Gasteiger partial charge in [-0.2, -0.15) is 0 Å². The van der Waals surface area contributed by atoms with E-state index in [4.69, 9.17) is 11.6 Å². The van der Waals surface area contributed by atoms with E-state index in [0.717, 1.165) is 0 Å². The molecule has 1 aromatic rings. The van der Waals surface area contributed by atoms with Gasteiger partial charge < -0.3 is 4.90 Å². The minimum atomic E-state index is -2.59. The van der Waals surface area contributed by atoms with Gasteiger partial charge in [-0.05, 0) is 12.5 Å². The third-order valence-electron chi connectivity index (χ3n) is 2.96. The molecule has 0 radical (unpaired) electrons. The van der Waals surface area contributed by atoms with Crippen molar-refractivity contribution in [2.45, 2.75) is 25.2 Å². The second-order valence-corrected chi connectivity index (χ2v) is 4.69. The third-order valence-corrected chi connectivity index (χ3v) is 3.15. The van der Waals surface area contributed by atoms with Crippen molar-refractivity contribution in [1.29, 1.82) is 0 Å². The Kier molecular flexibility index (Phi) is 3.80. The van der Waals surface area contributed by atoms with Crippen LogP contribution >= 0.6 is 11.6 Å². The first-order valence-electron chi connectivity index (χ1n) is 5.79. The monoisotopic (exact) mass is 273 g/mol. The van der Waals surface area contributed by atoms with Gasteiger partial charge >= 0.3 is 0 Å². The summed E-state index contributed by atoms with van der Waals surface area (Å²) in [5.41, 5.74) is 0.574. The maximum absolute atomic E-state index is 13.3. The van der Waals surface area contributed by atoms with E-state index in [1.165, 1.54) is 6.20 Å². The summed E-state index contributed by atoms with van der Waals surface area (Å²) in [4.78, 5) is 10.1. The predicted octanol–water partition coefficient (Wildman–Crippen LogP) is 3.40. The molecule has 1 aromatic heterocycles. The molecule has 2 heterocycles. The summed E-state index contributed by atoms with van der Waals surface area (Å²) in [5, 5.41) is 0.256. The molecular formula is C12H14ClF2N3. The molecule has 18 heavy (non-hydrogen) atoms. The van der Waals surface area contributed by atoms with Gasteiger partial charge in [-0.15, -0.1) is 0 Å². The zero-order chi connectivity index (χ0) is 13.2. The third kappa shape index (κ3) is 2.96. The van der Waals surface area contributed by atoms with Crippen LogP contribution in [-0.4, -0.2) is 29.0 Å². The summed E-state index contributed by atoms with van der Waals surface area (Å²) in [5.74, 6) is -2.05. The Balaban J connectivity index is 2.25. The summed E-state index contributed by atoms with van der Waals surface area (Å²) in [6.45, 7) is 4.43. The summed E-state index contributed by atoms with van der Waals surface area (Å²) >= 11 is 5.81. The predicted molar refractivity (Wildman–Crippen MR) is 68.1 cm³/mol. The second-order valence-electron chi connectivity index (χ2n) is 4.30. The quantitative estimate of drug-likeness (QED) is 0.827. The molecular weight excluding hydrogens is 260 g/mol. The fraction of sp³-hybridized carbons (Fsp3) is 0.500. The zero-order valence-electron chi connectivity index (χ0n) is 9.87. The number of alkyl halides is 2. The van der Waals surface area contributed by atoms with E-state index in [2.05, 4.69) is 16.5 Å². The first-order valence-corrected chi connectivity index (χ1v) is 6.17. The smallest absolute Gasteiger partial charge is 0.249 e. The van der Waals surface area contributed by atoms with Crippen LogP contribution in [0.25, 0.3) is 6.08 Å². The zero-order valence-corrected chi connectivity index (χ0v) is 10.6. The van der Waals surface area contributed by atoms with E-state index in [0.29, 0.717) is 24.5 Å². The summed E-state index contributed by atoms with van der Waals surface area (Å²) in [7, 11) is 0. The Morgan fingerprint density at radius 3 is 2.89 bits per heavy atom. The number of hydrogen-bond acceptors (Lipinski definition) is 3. The Hall–Kier alpha value is -1.23. The highest BCUT2D eigenvalue weighted by molar-refractivity contribution is 6.29. The van der Waals surface area contributed by atoms with Crippen LogP contribution < -0.4 is 4.90 Å². The molecule has 0 amide bonds. The maximum Gasteiger partial charge on any atom is 0.249 e. The highest BCUT2D eigenvalue weighted by Gasteiger charge is 2.32. The molecule has 0 unspecified atom stereocenters. The number of hydrogen-bond donors (Lipinski definition) is 0. The first-order chi connectivity index (χ1) is 8.52. The van der Waals surface area contributed by atoms with E-state index in [-0.39, 0.29) is 24.5 Å². The van der Waals surface area contributed by atoms with Gasteiger partial charge in [0.2, 0.25) is 5.92 Å². The number of anilines is 1. The van der Waals surface area contributed by atoms with Crippen LogP contribution in [0.3, 0.4) is 0 Å². The minimum Gasteiger partial charge on any atom is -0.355 e. The molecule has 2 rings (SSSR count). The standard InChI is InChI=1S/C12H14ClF2N3/c1-2-9-11(17-10(13)8-16-9)18-6-3-4-12(14,15)5-7-18/h2,8H,1,3-7H2. The maximum atomic E-state index is 13.3. The van der Waals surface area contributed by atoms with Gasteiger partial charge in [-0.1, -0.05) is 18.2 Å². The lowest BCUT2D eigenvalue weighted by Crippen LogP contribution is -2.27. The van der Waals surface area contributed by atoms with E-state index < -0.39 is 5.92 Å². The van der Waals surface area contributed by atoms with E-state index in [1.54, 1.807) is 11.0 Å². The average molecular weight is 274 g/mol. The lowest BCUT2D eigenvalue weighted by molar-refractivity contribution is -0.0102. The molecule has 0 atom stereocenters. The molecule has 0 aliphatic carbocycles. The van der Waals surface area contributed by atoms with Crippen molar-refractivity contribution in [2.24, 2.45) is 0 Å². The van der Waals surface area contributed by atoms with Crippen molar-refractivity contribution in [1.82, 2.24) is 9.97 Å². The molecule has 0 spiro atoms. The van der Waals surface area contributed by atoms with Crippen molar-refractivity contribution in [2.75, 3.05) is 18.0 Å². The first kappa shape index (κ1) is 13.2. The number of halogens is 3. The van der Waals surface area contributed by atoms with Gasteiger partial charge in [0.15, 0.2) is 5.82 Å². The number of aromatic nitrogens is 2. The van der Waals surface area contributed by atoms with Gasteiger partial charge in [-0.3, -0.25) is 0 Å². The Labute approximate surface area is 109 Å². The molecule has 6 heteroatoms. The van der Waals surface area contributed by atoms with Gasteiger partial charge in [0.1, 0.15) is 10.8 Å². The second kappa shape index (κ2) is 5.18. The van der Waals surface area contributed by atoms with Crippen LogP contribution in [0, 0.1) is 0 Å². The Morgan fingerprint density at radius 2 is 2.17 bits per heavy atom. The molecule has 98 valence electrons. The SMILES string of the molecule is C=Cc1ncc(Cl)nc1N1CCCC(F)(F)CC1. The van der Waals surface area contributed by atoms with E-state index in [1.807, 2.05) is 0 Å². The molecule has 0 aromatic carbocycles. The van der Waals surface area contributed by atoms with Gasteiger partial charge in [0.25, 0.3) is 0 Å². The molecule has 1 aliphatic rings. The van der Waals surface area contributed by atoms with E-state index >= 15 is 0 Å². The highest BCUT2D eigenvalue weighted by atomic mass is 35.5.